The number of hydrogen-bond acceptors (Lipinski definition) is 3. The molecule has 2 aromatic carbocycles. The molecule has 0 heterocycles. The third-order valence-corrected chi connectivity index (χ3v) is 3.81. The standard InChI is InChI=1S/C19H20F2N2O3/c1-19(26,10-9-13-5-3-2-4-6-13)12-22-17(24)18(25)23-16-8-7-14(20)11-15(16)21/h2-8,11,26H,9-10,12H2,1H3,(H,22,24)(H,23,25)/t19-/m0/s1. The van der Waals surface area contributed by atoms with Crippen LogP contribution in [-0.4, -0.2) is 29.1 Å². The number of benzene rings is 2. The molecular weight excluding hydrogens is 342 g/mol. The fraction of sp³-hybridized carbons (Fsp3) is 0.263. The van der Waals surface area contributed by atoms with Crippen LogP contribution in [0.1, 0.15) is 18.9 Å². The van der Waals surface area contributed by atoms with Crippen molar-refractivity contribution in [3.05, 3.63) is 65.7 Å². The summed E-state index contributed by atoms with van der Waals surface area (Å²) in [6.07, 6.45) is 0.988. The van der Waals surface area contributed by atoms with E-state index in [-0.39, 0.29) is 12.2 Å². The van der Waals surface area contributed by atoms with Crippen LogP contribution in [0, 0.1) is 11.6 Å². The van der Waals surface area contributed by atoms with Crippen molar-refractivity contribution in [2.24, 2.45) is 0 Å². The highest BCUT2D eigenvalue weighted by atomic mass is 19.1. The number of amides is 2. The maximum atomic E-state index is 13.5. The Morgan fingerprint density at radius 1 is 1.08 bits per heavy atom. The van der Waals surface area contributed by atoms with Gasteiger partial charge in [-0.15, -0.1) is 0 Å². The number of nitrogens with one attached hydrogen (secondary N) is 2. The molecule has 0 aliphatic rings. The van der Waals surface area contributed by atoms with Crippen molar-refractivity contribution in [2.45, 2.75) is 25.4 Å². The summed E-state index contributed by atoms with van der Waals surface area (Å²) in [6, 6.07) is 12.1. The Kier molecular flexibility index (Phi) is 6.41. The minimum Gasteiger partial charge on any atom is -0.388 e. The highest BCUT2D eigenvalue weighted by Crippen LogP contribution is 2.15. The van der Waals surface area contributed by atoms with Crippen molar-refractivity contribution in [2.75, 3.05) is 11.9 Å². The minimum atomic E-state index is -1.22. The molecule has 0 saturated carbocycles. The monoisotopic (exact) mass is 362 g/mol. The first kappa shape index (κ1) is 19.5. The van der Waals surface area contributed by atoms with Crippen LogP contribution >= 0.6 is 0 Å². The van der Waals surface area contributed by atoms with Gasteiger partial charge in [-0.1, -0.05) is 30.3 Å². The third kappa shape index (κ3) is 5.93. The first-order valence-corrected chi connectivity index (χ1v) is 8.07. The van der Waals surface area contributed by atoms with Crippen LogP contribution in [-0.2, 0) is 16.0 Å². The first-order valence-electron chi connectivity index (χ1n) is 8.07. The zero-order chi connectivity index (χ0) is 19.2. The number of aliphatic hydroxyl groups is 1. The summed E-state index contributed by atoms with van der Waals surface area (Å²) < 4.78 is 26.3. The summed E-state index contributed by atoms with van der Waals surface area (Å²) in [4.78, 5) is 23.6. The largest absolute Gasteiger partial charge is 0.388 e. The average molecular weight is 362 g/mol. The number of rotatable bonds is 6. The van der Waals surface area contributed by atoms with E-state index in [1.165, 1.54) is 0 Å². The number of halogens is 2. The normalized spacial score (nSPS) is 12.9. The van der Waals surface area contributed by atoms with Crippen LogP contribution in [0.2, 0.25) is 0 Å². The third-order valence-electron chi connectivity index (χ3n) is 3.81. The smallest absolute Gasteiger partial charge is 0.313 e. The van der Waals surface area contributed by atoms with Crippen LogP contribution < -0.4 is 10.6 Å². The minimum absolute atomic E-state index is 0.141. The number of carbonyl (C=O) groups excluding carboxylic acids is 2. The number of aryl methyl sites for hydroxylation is 1. The first-order chi connectivity index (χ1) is 12.3. The number of anilines is 1. The molecule has 0 unspecified atom stereocenters. The molecule has 1 atom stereocenters. The van der Waals surface area contributed by atoms with E-state index in [4.69, 9.17) is 0 Å². The van der Waals surface area contributed by atoms with Crippen molar-refractivity contribution in [3.63, 3.8) is 0 Å². The predicted octanol–water partition coefficient (Wildman–Crippen LogP) is 2.40. The molecule has 2 rings (SSSR count). The van der Waals surface area contributed by atoms with Gasteiger partial charge in [0, 0.05) is 12.6 Å². The van der Waals surface area contributed by atoms with E-state index in [0.717, 1.165) is 17.7 Å². The van der Waals surface area contributed by atoms with Gasteiger partial charge in [-0.05, 0) is 37.5 Å². The van der Waals surface area contributed by atoms with Gasteiger partial charge < -0.3 is 15.7 Å². The lowest BCUT2D eigenvalue weighted by atomic mass is 9.97. The van der Waals surface area contributed by atoms with Gasteiger partial charge in [-0.25, -0.2) is 8.78 Å². The maximum Gasteiger partial charge on any atom is 0.313 e. The lowest BCUT2D eigenvalue weighted by molar-refractivity contribution is -0.136. The zero-order valence-electron chi connectivity index (χ0n) is 14.3. The number of carbonyl (C=O) groups is 2. The highest BCUT2D eigenvalue weighted by molar-refractivity contribution is 6.39. The zero-order valence-corrected chi connectivity index (χ0v) is 14.3. The molecule has 2 amide bonds. The van der Waals surface area contributed by atoms with Gasteiger partial charge in [0.2, 0.25) is 0 Å². The van der Waals surface area contributed by atoms with Crippen molar-refractivity contribution >= 4 is 17.5 Å². The van der Waals surface area contributed by atoms with Crippen LogP contribution in [0.25, 0.3) is 0 Å². The second-order valence-electron chi connectivity index (χ2n) is 6.24. The van der Waals surface area contributed by atoms with E-state index >= 15 is 0 Å². The van der Waals surface area contributed by atoms with Crippen LogP contribution in [0.3, 0.4) is 0 Å². The fourth-order valence-corrected chi connectivity index (χ4v) is 2.27. The molecule has 0 saturated heterocycles. The van der Waals surface area contributed by atoms with Crippen molar-refractivity contribution in [1.29, 1.82) is 0 Å². The molecular formula is C19H20F2N2O3. The molecule has 3 N–H and O–H groups in total. The molecule has 7 heteroatoms. The summed E-state index contributed by atoms with van der Waals surface area (Å²) in [5, 5.41) is 14.7. The van der Waals surface area contributed by atoms with E-state index in [9.17, 15) is 23.5 Å². The maximum absolute atomic E-state index is 13.5. The Balaban J connectivity index is 1.83. The topological polar surface area (TPSA) is 78.4 Å². The van der Waals surface area contributed by atoms with Gasteiger partial charge >= 0.3 is 11.8 Å². The molecule has 2 aromatic rings. The Labute approximate surface area is 150 Å². The molecule has 0 fully saturated rings. The SMILES string of the molecule is C[C@](O)(CCc1ccccc1)CNC(=O)C(=O)Nc1ccc(F)cc1F. The van der Waals surface area contributed by atoms with Gasteiger partial charge in [-0.2, -0.15) is 0 Å². The summed E-state index contributed by atoms with van der Waals surface area (Å²) in [5.41, 5.74) is -0.474. The van der Waals surface area contributed by atoms with Gasteiger partial charge in [-0.3, -0.25) is 9.59 Å². The molecule has 0 aliphatic carbocycles. The Morgan fingerprint density at radius 3 is 2.42 bits per heavy atom. The summed E-state index contributed by atoms with van der Waals surface area (Å²) in [5.74, 6) is -3.90. The summed E-state index contributed by atoms with van der Waals surface area (Å²) >= 11 is 0. The summed E-state index contributed by atoms with van der Waals surface area (Å²) in [6.45, 7) is 1.41. The molecule has 5 nitrogen and oxygen atoms in total. The van der Waals surface area contributed by atoms with Crippen molar-refractivity contribution in [3.8, 4) is 0 Å². The van der Waals surface area contributed by atoms with Crippen LogP contribution in [0.5, 0.6) is 0 Å². The Morgan fingerprint density at radius 2 is 1.77 bits per heavy atom. The molecule has 26 heavy (non-hydrogen) atoms. The van der Waals surface area contributed by atoms with E-state index in [2.05, 4.69) is 10.6 Å². The highest BCUT2D eigenvalue weighted by Gasteiger charge is 2.23. The average Bonchev–Trinajstić information content (AvgIpc) is 2.61. The van der Waals surface area contributed by atoms with E-state index in [1.807, 2.05) is 30.3 Å². The Hall–Kier alpha value is -2.80. The van der Waals surface area contributed by atoms with Crippen LogP contribution in [0.4, 0.5) is 14.5 Å². The molecule has 138 valence electrons. The predicted molar refractivity (Wildman–Crippen MR) is 93.4 cm³/mol. The lowest BCUT2D eigenvalue weighted by Gasteiger charge is -2.23. The van der Waals surface area contributed by atoms with E-state index < -0.39 is 29.0 Å². The lowest BCUT2D eigenvalue weighted by Crippen LogP contribution is -2.44. The van der Waals surface area contributed by atoms with E-state index in [1.54, 1.807) is 6.92 Å². The second-order valence-corrected chi connectivity index (χ2v) is 6.24. The van der Waals surface area contributed by atoms with Gasteiger partial charge in [0.25, 0.3) is 0 Å². The molecule has 0 radical (unpaired) electrons. The molecule has 0 bridgehead atoms. The molecule has 0 spiro atoms. The summed E-state index contributed by atoms with van der Waals surface area (Å²) in [7, 11) is 0. The Bertz CT molecular complexity index is 780. The van der Waals surface area contributed by atoms with Crippen molar-refractivity contribution < 1.29 is 23.5 Å². The van der Waals surface area contributed by atoms with Crippen LogP contribution in [0.15, 0.2) is 48.5 Å². The fourth-order valence-electron chi connectivity index (χ4n) is 2.27. The molecule has 0 aromatic heterocycles. The number of hydrogen-bond donors (Lipinski definition) is 3. The quantitative estimate of drug-likeness (QED) is 0.691. The van der Waals surface area contributed by atoms with Gasteiger partial charge in [0.1, 0.15) is 11.6 Å². The van der Waals surface area contributed by atoms with Gasteiger partial charge in [0.15, 0.2) is 0 Å². The van der Waals surface area contributed by atoms with Gasteiger partial charge in [0.05, 0.1) is 11.3 Å². The van der Waals surface area contributed by atoms with Crippen molar-refractivity contribution in [1.82, 2.24) is 5.32 Å². The van der Waals surface area contributed by atoms with E-state index in [0.29, 0.717) is 18.9 Å². The molecule has 0 aliphatic heterocycles. The second kappa shape index (κ2) is 8.53.